The molecule has 0 aliphatic carbocycles. The van der Waals surface area contributed by atoms with Crippen LogP contribution in [0.3, 0.4) is 0 Å². The van der Waals surface area contributed by atoms with E-state index in [9.17, 15) is 13.6 Å². The van der Waals surface area contributed by atoms with E-state index >= 15 is 0 Å². The first-order valence-electron chi connectivity index (χ1n) is 6.43. The molecule has 1 aromatic carbocycles. The minimum Gasteiger partial charge on any atom is -0.383 e. The average molecular weight is 311 g/mol. The quantitative estimate of drug-likeness (QED) is 0.890. The molecule has 1 heterocycles. The second-order valence-electron chi connectivity index (χ2n) is 4.37. The summed E-state index contributed by atoms with van der Waals surface area (Å²) in [6.45, 7) is 1.90. The third-order valence-corrected chi connectivity index (χ3v) is 3.91. The molecule has 0 bridgehead atoms. The van der Waals surface area contributed by atoms with Crippen molar-refractivity contribution in [3.63, 3.8) is 0 Å². The van der Waals surface area contributed by atoms with Crippen LogP contribution in [-0.4, -0.2) is 17.9 Å². The summed E-state index contributed by atoms with van der Waals surface area (Å²) in [6, 6.07) is 1.75. The molecule has 112 valence electrons. The van der Waals surface area contributed by atoms with Gasteiger partial charge in [0.1, 0.15) is 22.3 Å². The predicted molar refractivity (Wildman–Crippen MR) is 78.5 cm³/mol. The van der Waals surface area contributed by atoms with E-state index in [2.05, 4.69) is 15.6 Å². The molecule has 2 aromatic rings. The summed E-state index contributed by atoms with van der Waals surface area (Å²) in [5, 5.41) is 7.72. The largest absolute Gasteiger partial charge is 0.383 e. The Hall–Kier alpha value is -2.02. The molecule has 2 rings (SSSR count). The van der Waals surface area contributed by atoms with Crippen molar-refractivity contribution in [1.29, 1.82) is 0 Å². The fourth-order valence-electron chi connectivity index (χ4n) is 1.93. The highest BCUT2D eigenvalue weighted by Crippen LogP contribution is 2.22. The molecule has 0 radical (unpaired) electrons. The maximum Gasteiger partial charge on any atom is 0.252 e. The molecule has 1 amide bonds. The van der Waals surface area contributed by atoms with Crippen molar-refractivity contribution in [2.24, 2.45) is 0 Å². The molecular weight excluding hydrogens is 296 g/mol. The summed E-state index contributed by atoms with van der Waals surface area (Å²) < 4.78 is 27.3. The van der Waals surface area contributed by atoms with E-state index in [1.54, 1.807) is 6.20 Å². The first-order valence-corrected chi connectivity index (χ1v) is 7.31. The SMILES string of the molecule is CCC(NC(=O)c1cc(F)c(NC)c(F)c1)c1nccs1. The van der Waals surface area contributed by atoms with Gasteiger partial charge in [-0.05, 0) is 18.6 Å². The highest BCUT2D eigenvalue weighted by Gasteiger charge is 2.19. The number of rotatable bonds is 5. The lowest BCUT2D eigenvalue weighted by molar-refractivity contribution is 0.0934. The lowest BCUT2D eigenvalue weighted by atomic mass is 10.1. The summed E-state index contributed by atoms with van der Waals surface area (Å²) in [4.78, 5) is 16.3. The van der Waals surface area contributed by atoms with Gasteiger partial charge in [-0.3, -0.25) is 4.79 Å². The van der Waals surface area contributed by atoms with Gasteiger partial charge in [0.15, 0.2) is 0 Å². The number of nitrogens with one attached hydrogen (secondary N) is 2. The zero-order valence-electron chi connectivity index (χ0n) is 11.6. The van der Waals surface area contributed by atoms with Crippen molar-refractivity contribution in [3.8, 4) is 0 Å². The van der Waals surface area contributed by atoms with E-state index in [-0.39, 0.29) is 17.3 Å². The Morgan fingerprint density at radius 2 is 2.05 bits per heavy atom. The van der Waals surface area contributed by atoms with Gasteiger partial charge in [0.25, 0.3) is 5.91 Å². The van der Waals surface area contributed by atoms with E-state index in [0.717, 1.165) is 17.1 Å². The van der Waals surface area contributed by atoms with Gasteiger partial charge in [-0.15, -0.1) is 11.3 Å². The van der Waals surface area contributed by atoms with Gasteiger partial charge in [-0.2, -0.15) is 0 Å². The minimum absolute atomic E-state index is 0.0565. The minimum atomic E-state index is -0.801. The van der Waals surface area contributed by atoms with Crippen LogP contribution < -0.4 is 10.6 Å². The van der Waals surface area contributed by atoms with Crippen molar-refractivity contribution < 1.29 is 13.6 Å². The molecule has 0 saturated carbocycles. The Bertz CT molecular complexity index is 608. The molecule has 2 N–H and O–H groups in total. The van der Waals surface area contributed by atoms with Crippen LogP contribution in [0.5, 0.6) is 0 Å². The molecule has 0 fully saturated rings. The first-order chi connectivity index (χ1) is 10.1. The zero-order chi connectivity index (χ0) is 15.4. The molecular formula is C14H15F2N3OS. The van der Waals surface area contributed by atoms with Gasteiger partial charge in [-0.1, -0.05) is 6.92 Å². The second-order valence-corrected chi connectivity index (χ2v) is 5.30. The number of halogens is 2. The Kier molecular flexibility index (Phi) is 4.85. The summed E-state index contributed by atoms with van der Waals surface area (Å²) in [6.07, 6.45) is 2.29. The van der Waals surface area contributed by atoms with Crippen LogP contribution in [0.2, 0.25) is 0 Å². The standard InChI is InChI=1S/C14H15F2N3OS/c1-3-11(14-18-4-5-21-14)19-13(20)8-6-9(15)12(17-2)10(16)7-8/h4-7,11,17H,3H2,1-2H3,(H,19,20). The molecule has 0 saturated heterocycles. The maximum absolute atomic E-state index is 13.7. The normalized spacial score (nSPS) is 12.0. The van der Waals surface area contributed by atoms with Crippen LogP contribution in [-0.2, 0) is 0 Å². The van der Waals surface area contributed by atoms with Crippen molar-refractivity contribution in [1.82, 2.24) is 10.3 Å². The van der Waals surface area contributed by atoms with E-state index in [0.29, 0.717) is 6.42 Å². The highest BCUT2D eigenvalue weighted by atomic mass is 32.1. The number of carbonyl (C=O) groups excluding carboxylic acids is 1. The number of carbonyl (C=O) groups is 1. The smallest absolute Gasteiger partial charge is 0.252 e. The second kappa shape index (κ2) is 6.62. The number of benzene rings is 1. The Morgan fingerprint density at radius 1 is 1.38 bits per heavy atom. The van der Waals surface area contributed by atoms with Gasteiger partial charge in [0.2, 0.25) is 0 Å². The number of hydrogen-bond donors (Lipinski definition) is 2. The van der Waals surface area contributed by atoms with Crippen LogP contribution >= 0.6 is 11.3 Å². The van der Waals surface area contributed by atoms with Gasteiger partial charge >= 0.3 is 0 Å². The third kappa shape index (κ3) is 3.36. The monoisotopic (exact) mass is 311 g/mol. The Balaban J connectivity index is 2.20. The van der Waals surface area contributed by atoms with Crippen LogP contribution in [0.25, 0.3) is 0 Å². The number of hydrogen-bond acceptors (Lipinski definition) is 4. The van der Waals surface area contributed by atoms with Crippen molar-refractivity contribution >= 4 is 22.9 Å². The van der Waals surface area contributed by atoms with Crippen molar-refractivity contribution in [2.75, 3.05) is 12.4 Å². The Morgan fingerprint density at radius 3 is 2.52 bits per heavy atom. The molecule has 1 unspecified atom stereocenters. The van der Waals surface area contributed by atoms with Crippen LogP contribution in [0.15, 0.2) is 23.7 Å². The van der Waals surface area contributed by atoms with E-state index in [1.165, 1.54) is 18.4 Å². The number of aromatic nitrogens is 1. The molecule has 1 aromatic heterocycles. The fourth-order valence-corrected chi connectivity index (χ4v) is 2.70. The molecule has 4 nitrogen and oxygen atoms in total. The van der Waals surface area contributed by atoms with Gasteiger partial charge in [0.05, 0.1) is 6.04 Å². The van der Waals surface area contributed by atoms with E-state index < -0.39 is 17.5 Å². The number of amides is 1. The predicted octanol–water partition coefficient (Wildman–Crippen LogP) is 3.34. The lowest BCUT2D eigenvalue weighted by Gasteiger charge is -2.15. The first kappa shape index (κ1) is 15.4. The number of anilines is 1. The van der Waals surface area contributed by atoms with Gasteiger partial charge in [-0.25, -0.2) is 13.8 Å². The molecule has 0 aliphatic rings. The summed E-state index contributed by atoms with van der Waals surface area (Å²) in [5.41, 5.74) is -0.308. The molecule has 7 heteroatoms. The summed E-state index contributed by atoms with van der Waals surface area (Å²) in [5.74, 6) is -2.13. The van der Waals surface area contributed by atoms with Crippen molar-refractivity contribution in [2.45, 2.75) is 19.4 Å². The van der Waals surface area contributed by atoms with E-state index in [1.807, 2.05) is 12.3 Å². The summed E-state index contributed by atoms with van der Waals surface area (Å²) >= 11 is 1.42. The number of thiazole rings is 1. The van der Waals surface area contributed by atoms with Crippen LogP contribution in [0.1, 0.15) is 34.8 Å². The average Bonchev–Trinajstić information content (AvgIpc) is 2.98. The molecule has 0 aliphatic heterocycles. The molecule has 21 heavy (non-hydrogen) atoms. The third-order valence-electron chi connectivity index (χ3n) is 3.02. The van der Waals surface area contributed by atoms with Crippen LogP contribution in [0.4, 0.5) is 14.5 Å². The topological polar surface area (TPSA) is 54.0 Å². The lowest BCUT2D eigenvalue weighted by Crippen LogP contribution is -2.28. The molecule has 1 atom stereocenters. The van der Waals surface area contributed by atoms with Gasteiger partial charge in [0, 0.05) is 24.2 Å². The van der Waals surface area contributed by atoms with E-state index in [4.69, 9.17) is 0 Å². The Labute approximate surface area is 125 Å². The summed E-state index contributed by atoms with van der Waals surface area (Å²) in [7, 11) is 1.41. The maximum atomic E-state index is 13.7. The molecule has 0 spiro atoms. The number of nitrogens with zero attached hydrogens (tertiary/aromatic N) is 1. The zero-order valence-corrected chi connectivity index (χ0v) is 12.4. The highest BCUT2D eigenvalue weighted by molar-refractivity contribution is 7.09. The van der Waals surface area contributed by atoms with Crippen LogP contribution in [0, 0.1) is 11.6 Å². The van der Waals surface area contributed by atoms with Gasteiger partial charge < -0.3 is 10.6 Å². The fraction of sp³-hybridized carbons (Fsp3) is 0.286. The van der Waals surface area contributed by atoms with Crippen molar-refractivity contribution in [3.05, 3.63) is 45.9 Å².